The third kappa shape index (κ3) is 4.42. The number of aromatic amines is 2. The quantitative estimate of drug-likeness (QED) is 0.341. The van der Waals surface area contributed by atoms with Crippen LogP contribution in [0.3, 0.4) is 0 Å². The second-order valence-corrected chi connectivity index (χ2v) is 7.58. The van der Waals surface area contributed by atoms with Crippen molar-refractivity contribution in [2.75, 3.05) is 36.9 Å². The molecule has 9 heteroatoms. The molecule has 3 heterocycles. The topological polar surface area (TPSA) is 112 Å². The number of hydrogen-bond donors (Lipinski definition) is 5. The Labute approximate surface area is 178 Å². The normalized spacial score (nSPS) is 14.6. The summed E-state index contributed by atoms with van der Waals surface area (Å²) < 4.78 is 5.44. The molecule has 1 fully saturated rings. The van der Waals surface area contributed by atoms with E-state index in [4.69, 9.17) is 4.74 Å². The second kappa shape index (κ2) is 8.58. The molecule has 1 saturated heterocycles. The number of para-hydroxylation sites is 1. The molecule has 5 N–H and O–H groups in total. The Kier molecular flexibility index (Phi) is 5.34. The smallest absolute Gasteiger partial charge is 0.323 e. The van der Waals surface area contributed by atoms with E-state index in [0.29, 0.717) is 22.9 Å². The molecule has 0 spiro atoms. The first kappa shape index (κ1) is 19.3. The van der Waals surface area contributed by atoms with E-state index in [1.54, 1.807) is 6.20 Å². The van der Waals surface area contributed by atoms with Crippen LogP contribution < -0.4 is 15.5 Å². The first-order chi connectivity index (χ1) is 15.2. The monoisotopic (exact) mass is 418 g/mol. The van der Waals surface area contributed by atoms with Gasteiger partial charge >= 0.3 is 6.03 Å². The van der Waals surface area contributed by atoms with Gasteiger partial charge in [-0.1, -0.05) is 24.3 Å². The van der Waals surface area contributed by atoms with Crippen molar-refractivity contribution in [3.63, 3.8) is 0 Å². The molecule has 31 heavy (non-hydrogen) atoms. The molecule has 2 amide bonds. The molecule has 0 radical (unpaired) electrons. The number of urea groups is 1. The van der Waals surface area contributed by atoms with Gasteiger partial charge in [-0.3, -0.25) is 5.10 Å². The van der Waals surface area contributed by atoms with Crippen molar-refractivity contribution in [3.05, 3.63) is 60.3 Å². The number of aromatic nitrogens is 4. The van der Waals surface area contributed by atoms with Crippen molar-refractivity contribution in [1.82, 2.24) is 20.2 Å². The number of anilines is 2. The van der Waals surface area contributed by atoms with Gasteiger partial charge in [-0.25, -0.2) is 9.78 Å². The van der Waals surface area contributed by atoms with Gasteiger partial charge < -0.3 is 25.3 Å². The Morgan fingerprint density at radius 2 is 1.94 bits per heavy atom. The number of imidazole rings is 1. The summed E-state index contributed by atoms with van der Waals surface area (Å²) in [5, 5.41) is 12.6. The highest BCUT2D eigenvalue weighted by Gasteiger charge is 2.17. The lowest BCUT2D eigenvalue weighted by Gasteiger charge is -2.23. The lowest BCUT2D eigenvalue weighted by molar-refractivity contribution is -0.921. The lowest BCUT2D eigenvalue weighted by Crippen LogP contribution is -3.12. The van der Waals surface area contributed by atoms with Crippen LogP contribution in [0.2, 0.25) is 0 Å². The Morgan fingerprint density at radius 1 is 1.10 bits per heavy atom. The highest BCUT2D eigenvalue weighted by molar-refractivity contribution is 6.01. The van der Waals surface area contributed by atoms with Crippen molar-refractivity contribution in [3.8, 4) is 11.5 Å². The summed E-state index contributed by atoms with van der Waals surface area (Å²) in [6, 6.07) is 15.2. The van der Waals surface area contributed by atoms with Gasteiger partial charge in [-0.05, 0) is 24.3 Å². The van der Waals surface area contributed by atoms with E-state index in [2.05, 4.69) is 42.9 Å². The van der Waals surface area contributed by atoms with Crippen LogP contribution in [-0.4, -0.2) is 52.5 Å². The summed E-state index contributed by atoms with van der Waals surface area (Å²) in [6.45, 7) is 4.66. The molecule has 2 aromatic carbocycles. The molecule has 9 nitrogen and oxygen atoms in total. The van der Waals surface area contributed by atoms with Crippen LogP contribution in [-0.2, 0) is 11.3 Å². The molecule has 0 aliphatic carbocycles. The van der Waals surface area contributed by atoms with Crippen molar-refractivity contribution >= 4 is 28.4 Å². The van der Waals surface area contributed by atoms with Crippen LogP contribution in [0, 0.1) is 0 Å². The minimum absolute atomic E-state index is 0.347. The average molecular weight is 418 g/mol. The third-order valence-corrected chi connectivity index (χ3v) is 5.36. The highest BCUT2D eigenvalue weighted by atomic mass is 16.5. The van der Waals surface area contributed by atoms with E-state index >= 15 is 0 Å². The molecular formula is C22H24N7O2+. The van der Waals surface area contributed by atoms with E-state index < -0.39 is 0 Å². The number of morpholine rings is 1. The zero-order valence-electron chi connectivity index (χ0n) is 16.9. The lowest BCUT2D eigenvalue weighted by atomic mass is 10.2. The summed E-state index contributed by atoms with van der Waals surface area (Å²) in [4.78, 5) is 21.9. The number of fused-ring (bicyclic) bond motifs is 1. The van der Waals surface area contributed by atoms with Crippen LogP contribution in [0.5, 0.6) is 0 Å². The maximum atomic E-state index is 12.4. The summed E-state index contributed by atoms with van der Waals surface area (Å²) in [5.74, 6) is 0.624. The van der Waals surface area contributed by atoms with Crippen LogP contribution in [0.1, 0.15) is 5.56 Å². The number of nitrogens with one attached hydrogen (secondary N) is 5. The average Bonchev–Trinajstić information content (AvgIpc) is 3.41. The molecule has 0 saturated carbocycles. The highest BCUT2D eigenvalue weighted by Crippen LogP contribution is 2.26. The number of rotatable bonds is 5. The van der Waals surface area contributed by atoms with Gasteiger partial charge in [-0.15, -0.1) is 0 Å². The Hall–Kier alpha value is -3.69. The standard InChI is InChI=1S/C22H23N7O2/c30-22(24-16-4-2-1-3-5-16)27-19-13-23-28-20(19)21-25-17-7-6-15(12-18(17)26-21)14-29-8-10-31-11-9-29/h1-7,12-13H,8-11,14H2,(H,23,28)(H,25,26)(H2,24,27,30)/p+1. The summed E-state index contributed by atoms with van der Waals surface area (Å²) in [5.41, 5.74) is 4.96. The summed E-state index contributed by atoms with van der Waals surface area (Å²) in [6.07, 6.45) is 1.57. The SMILES string of the molecule is O=C(Nc1ccccc1)Nc1cn[nH]c1-c1nc2ccc(C[NH+]3CCOCC3)cc2[nH]1. The second-order valence-electron chi connectivity index (χ2n) is 7.58. The summed E-state index contributed by atoms with van der Waals surface area (Å²) in [7, 11) is 0. The first-order valence-electron chi connectivity index (χ1n) is 10.3. The van der Waals surface area contributed by atoms with Crippen molar-refractivity contribution in [2.45, 2.75) is 6.54 Å². The van der Waals surface area contributed by atoms with Gasteiger partial charge in [0, 0.05) is 11.3 Å². The van der Waals surface area contributed by atoms with E-state index in [1.165, 1.54) is 10.5 Å². The third-order valence-electron chi connectivity index (χ3n) is 5.36. The number of H-pyrrole nitrogens is 2. The molecule has 2 aromatic heterocycles. The predicted octanol–water partition coefficient (Wildman–Crippen LogP) is 2.01. The zero-order chi connectivity index (χ0) is 21.0. The molecule has 4 aromatic rings. The van der Waals surface area contributed by atoms with Gasteiger partial charge in [0.25, 0.3) is 0 Å². The van der Waals surface area contributed by atoms with E-state index in [1.807, 2.05) is 36.4 Å². The molecule has 0 atom stereocenters. The largest absolute Gasteiger partial charge is 0.370 e. The number of ether oxygens (including phenoxy) is 1. The predicted molar refractivity (Wildman–Crippen MR) is 118 cm³/mol. The zero-order valence-corrected chi connectivity index (χ0v) is 16.9. The van der Waals surface area contributed by atoms with E-state index in [0.717, 1.165) is 43.9 Å². The molecule has 0 bridgehead atoms. The molecular weight excluding hydrogens is 394 g/mol. The van der Waals surface area contributed by atoms with Gasteiger partial charge in [-0.2, -0.15) is 5.10 Å². The summed E-state index contributed by atoms with van der Waals surface area (Å²) >= 11 is 0. The molecule has 1 aliphatic heterocycles. The van der Waals surface area contributed by atoms with Gasteiger partial charge in [0.2, 0.25) is 0 Å². The fourth-order valence-corrected chi connectivity index (χ4v) is 3.78. The van der Waals surface area contributed by atoms with Crippen molar-refractivity contribution in [1.29, 1.82) is 0 Å². The Morgan fingerprint density at radius 3 is 2.77 bits per heavy atom. The van der Waals surface area contributed by atoms with Gasteiger partial charge in [0.05, 0.1) is 36.1 Å². The van der Waals surface area contributed by atoms with E-state index in [-0.39, 0.29) is 6.03 Å². The minimum Gasteiger partial charge on any atom is -0.370 e. The number of carbonyl (C=O) groups is 1. The van der Waals surface area contributed by atoms with Crippen molar-refractivity contribution in [2.24, 2.45) is 0 Å². The Bertz CT molecular complexity index is 1180. The molecule has 1 aliphatic rings. The van der Waals surface area contributed by atoms with E-state index in [9.17, 15) is 4.79 Å². The van der Waals surface area contributed by atoms with Crippen LogP contribution in [0.15, 0.2) is 54.7 Å². The fourth-order valence-electron chi connectivity index (χ4n) is 3.78. The Balaban J connectivity index is 1.32. The van der Waals surface area contributed by atoms with Crippen molar-refractivity contribution < 1.29 is 14.4 Å². The van der Waals surface area contributed by atoms with Gasteiger partial charge in [0.1, 0.15) is 25.3 Å². The molecule has 0 unspecified atom stereocenters. The maximum Gasteiger partial charge on any atom is 0.323 e. The fraction of sp³-hybridized carbons (Fsp3) is 0.227. The molecule has 5 rings (SSSR count). The number of nitrogens with zero attached hydrogens (tertiary/aromatic N) is 2. The van der Waals surface area contributed by atoms with Crippen LogP contribution in [0.25, 0.3) is 22.6 Å². The van der Waals surface area contributed by atoms with Crippen LogP contribution >= 0.6 is 0 Å². The van der Waals surface area contributed by atoms with Crippen LogP contribution in [0.4, 0.5) is 16.2 Å². The number of amides is 2. The number of benzene rings is 2. The minimum atomic E-state index is -0.347. The number of hydrogen-bond acceptors (Lipinski definition) is 4. The number of carbonyl (C=O) groups excluding carboxylic acids is 1. The molecule has 158 valence electrons. The van der Waals surface area contributed by atoms with Gasteiger partial charge in [0.15, 0.2) is 5.82 Å². The maximum absolute atomic E-state index is 12.4. The first-order valence-corrected chi connectivity index (χ1v) is 10.3. The number of quaternary nitrogens is 1.